The van der Waals surface area contributed by atoms with Crippen LogP contribution in [0.1, 0.15) is 50.0 Å². The van der Waals surface area contributed by atoms with Crippen LogP contribution in [0.25, 0.3) is 11.1 Å². The summed E-state index contributed by atoms with van der Waals surface area (Å²) in [6, 6.07) is 17.5. The lowest BCUT2D eigenvalue weighted by atomic mass is 9.86. The molecule has 0 aliphatic carbocycles. The second kappa shape index (κ2) is 9.86. The third-order valence-corrected chi connectivity index (χ3v) is 7.24. The van der Waals surface area contributed by atoms with E-state index < -0.39 is 11.9 Å². The predicted octanol–water partition coefficient (Wildman–Crippen LogP) is 6.41. The number of halogens is 1. The Morgan fingerprint density at radius 2 is 1.86 bits per heavy atom. The molecule has 2 aliphatic heterocycles. The molecule has 3 aromatic rings. The van der Waals surface area contributed by atoms with Gasteiger partial charge in [0.2, 0.25) is 0 Å². The first kappa shape index (κ1) is 24.2. The highest BCUT2D eigenvalue weighted by Gasteiger charge is 2.32. The minimum atomic E-state index is -0.616. The number of benzene rings is 3. The fourth-order valence-corrected chi connectivity index (χ4v) is 5.20. The largest absolute Gasteiger partial charge is 0.508 e. The van der Waals surface area contributed by atoms with Gasteiger partial charge in [0, 0.05) is 29.8 Å². The van der Waals surface area contributed by atoms with Crippen molar-refractivity contribution in [3.63, 3.8) is 0 Å². The molecule has 2 aliphatic rings. The molecule has 1 unspecified atom stereocenters. The Hall–Kier alpha value is -3.51. The highest BCUT2D eigenvalue weighted by molar-refractivity contribution is 5.96. The maximum Gasteiger partial charge on any atom is 0.169 e. The van der Waals surface area contributed by atoms with Crippen LogP contribution in [0.2, 0.25) is 0 Å². The van der Waals surface area contributed by atoms with E-state index in [2.05, 4.69) is 18.7 Å². The zero-order chi connectivity index (χ0) is 25.4. The Kier molecular flexibility index (Phi) is 6.63. The minimum absolute atomic E-state index is 0.105. The van der Waals surface area contributed by atoms with Crippen LogP contribution in [-0.4, -0.2) is 40.9 Å². The maximum atomic E-state index is 14.8. The summed E-state index contributed by atoms with van der Waals surface area (Å²) < 4.78 is 27.1. The molecule has 2 N–H and O–H groups in total. The van der Waals surface area contributed by atoms with Gasteiger partial charge in [0.25, 0.3) is 0 Å². The predicted molar refractivity (Wildman–Crippen MR) is 139 cm³/mol. The molecule has 0 aromatic heterocycles. The average molecular weight is 490 g/mol. The highest BCUT2D eigenvalue weighted by atomic mass is 19.1. The van der Waals surface area contributed by atoms with E-state index in [1.165, 1.54) is 12.5 Å². The van der Waals surface area contributed by atoms with Crippen molar-refractivity contribution in [2.75, 3.05) is 19.7 Å². The van der Waals surface area contributed by atoms with E-state index in [0.717, 1.165) is 53.1 Å². The normalized spacial score (nSPS) is 20.7. The summed E-state index contributed by atoms with van der Waals surface area (Å²) in [4.78, 5) is 2.47. The van der Waals surface area contributed by atoms with Crippen molar-refractivity contribution in [2.24, 2.45) is 5.92 Å². The third-order valence-electron chi connectivity index (χ3n) is 7.24. The van der Waals surface area contributed by atoms with E-state index in [4.69, 9.17) is 9.47 Å². The lowest BCUT2D eigenvalue weighted by molar-refractivity contribution is 0.169. The van der Waals surface area contributed by atoms with Crippen molar-refractivity contribution >= 4 is 11.1 Å². The van der Waals surface area contributed by atoms with E-state index in [0.29, 0.717) is 18.2 Å². The summed E-state index contributed by atoms with van der Waals surface area (Å²) in [7, 11) is 0. The van der Waals surface area contributed by atoms with Crippen molar-refractivity contribution in [3.8, 4) is 23.0 Å². The van der Waals surface area contributed by atoms with Crippen LogP contribution in [0.4, 0.5) is 4.39 Å². The molecule has 5 rings (SSSR count). The number of nitrogens with zero attached hydrogens (tertiary/aromatic N) is 1. The Balaban J connectivity index is 1.43. The Morgan fingerprint density at radius 1 is 1.08 bits per heavy atom. The van der Waals surface area contributed by atoms with Crippen LogP contribution in [-0.2, 0) is 0 Å². The third kappa shape index (κ3) is 4.78. The van der Waals surface area contributed by atoms with Crippen LogP contribution in [0.3, 0.4) is 0 Å². The van der Waals surface area contributed by atoms with Gasteiger partial charge in [-0.15, -0.1) is 0 Å². The van der Waals surface area contributed by atoms with Gasteiger partial charge in [-0.2, -0.15) is 0 Å². The van der Waals surface area contributed by atoms with Gasteiger partial charge in [-0.25, -0.2) is 4.39 Å². The first-order valence-corrected chi connectivity index (χ1v) is 12.5. The SMILES string of the molecule is CC1=C(c2cccc(O)c2)C(c2ccc(OC[C@H](C)N3CC[C@@H](C)C3)cc2)Oc2c(F)cc(O)cc21. The molecular weight excluding hydrogens is 457 g/mol. The summed E-state index contributed by atoms with van der Waals surface area (Å²) in [6.07, 6.45) is 0.635. The zero-order valence-corrected chi connectivity index (χ0v) is 20.9. The average Bonchev–Trinajstić information content (AvgIpc) is 3.29. The summed E-state index contributed by atoms with van der Waals surface area (Å²) >= 11 is 0. The first-order valence-electron chi connectivity index (χ1n) is 12.5. The van der Waals surface area contributed by atoms with E-state index >= 15 is 0 Å². The molecule has 0 radical (unpaired) electrons. The number of aromatic hydroxyl groups is 2. The van der Waals surface area contributed by atoms with Crippen LogP contribution in [0.15, 0.2) is 60.7 Å². The molecule has 36 heavy (non-hydrogen) atoms. The molecule has 2 heterocycles. The second-order valence-electron chi connectivity index (χ2n) is 10.0. The van der Waals surface area contributed by atoms with Gasteiger partial charge in [-0.05, 0) is 79.8 Å². The molecule has 0 amide bonds. The van der Waals surface area contributed by atoms with Crippen LogP contribution in [0.5, 0.6) is 23.0 Å². The van der Waals surface area contributed by atoms with Crippen molar-refractivity contribution in [2.45, 2.75) is 39.3 Å². The van der Waals surface area contributed by atoms with Gasteiger partial charge in [0.05, 0.1) is 0 Å². The van der Waals surface area contributed by atoms with Crippen LogP contribution >= 0.6 is 0 Å². The van der Waals surface area contributed by atoms with Crippen molar-refractivity contribution in [1.82, 2.24) is 4.90 Å². The van der Waals surface area contributed by atoms with E-state index in [-0.39, 0.29) is 17.2 Å². The number of phenols is 2. The number of rotatable bonds is 6. The molecular formula is C30H32FNO4. The number of allylic oxidation sites excluding steroid dienone is 1. The maximum absolute atomic E-state index is 14.8. The van der Waals surface area contributed by atoms with Crippen LogP contribution in [0, 0.1) is 11.7 Å². The molecule has 1 fully saturated rings. The van der Waals surface area contributed by atoms with Crippen molar-refractivity contribution < 1.29 is 24.1 Å². The number of ether oxygens (including phenoxy) is 2. The van der Waals surface area contributed by atoms with E-state index in [9.17, 15) is 14.6 Å². The lowest BCUT2D eigenvalue weighted by Crippen LogP contribution is -2.35. The van der Waals surface area contributed by atoms with Gasteiger partial charge >= 0.3 is 0 Å². The molecule has 0 bridgehead atoms. The van der Waals surface area contributed by atoms with Crippen LogP contribution < -0.4 is 9.47 Å². The van der Waals surface area contributed by atoms with Gasteiger partial charge in [-0.1, -0.05) is 31.2 Å². The molecule has 1 saturated heterocycles. The Bertz CT molecular complexity index is 1290. The Morgan fingerprint density at radius 3 is 2.56 bits per heavy atom. The molecule has 6 heteroatoms. The van der Waals surface area contributed by atoms with Crippen molar-refractivity contribution in [1.29, 1.82) is 0 Å². The molecule has 188 valence electrons. The van der Waals surface area contributed by atoms with Crippen molar-refractivity contribution in [3.05, 3.63) is 83.2 Å². The number of fused-ring (bicyclic) bond motifs is 1. The molecule has 0 spiro atoms. The quantitative estimate of drug-likeness (QED) is 0.419. The fraction of sp³-hybridized carbons (Fsp3) is 0.333. The molecule has 3 aromatic carbocycles. The van der Waals surface area contributed by atoms with E-state index in [1.807, 2.05) is 37.3 Å². The second-order valence-corrected chi connectivity index (χ2v) is 10.0. The van der Waals surface area contributed by atoms with E-state index in [1.54, 1.807) is 18.2 Å². The fourth-order valence-electron chi connectivity index (χ4n) is 5.20. The monoisotopic (exact) mass is 489 g/mol. The number of hydrogen-bond acceptors (Lipinski definition) is 5. The highest BCUT2D eigenvalue weighted by Crippen LogP contribution is 2.48. The summed E-state index contributed by atoms with van der Waals surface area (Å²) in [5.41, 5.74) is 3.66. The number of hydrogen-bond donors (Lipinski definition) is 2. The summed E-state index contributed by atoms with van der Waals surface area (Å²) in [6.45, 7) is 9.20. The van der Waals surface area contributed by atoms with Gasteiger partial charge in [-0.3, -0.25) is 4.90 Å². The molecule has 5 nitrogen and oxygen atoms in total. The first-order chi connectivity index (χ1) is 17.3. The lowest BCUT2D eigenvalue weighted by Gasteiger charge is -2.31. The summed E-state index contributed by atoms with van der Waals surface area (Å²) in [5.74, 6) is 0.956. The zero-order valence-electron chi connectivity index (χ0n) is 20.9. The topological polar surface area (TPSA) is 62.2 Å². The molecule has 0 saturated carbocycles. The van der Waals surface area contributed by atoms with Gasteiger partial charge in [0.1, 0.15) is 30.0 Å². The molecule has 3 atom stereocenters. The Labute approximate surface area is 211 Å². The standard InChI is InChI=1S/C30H32FNO4/c1-18-11-12-32(16-18)19(2)17-35-25-9-7-21(8-10-25)29-28(22-5-4-6-23(33)13-22)20(3)26-14-24(34)15-27(31)30(26)36-29/h4-10,13-15,18-19,29,33-34H,11-12,16-17H2,1-3H3/t18-,19+,29?/m1/s1. The minimum Gasteiger partial charge on any atom is -0.508 e. The number of likely N-dealkylation sites (tertiary alicyclic amines) is 1. The van der Waals surface area contributed by atoms with Gasteiger partial charge < -0.3 is 19.7 Å². The smallest absolute Gasteiger partial charge is 0.169 e. The summed E-state index contributed by atoms with van der Waals surface area (Å²) in [5, 5.41) is 20.1. The van der Waals surface area contributed by atoms with Gasteiger partial charge in [0.15, 0.2) is 11.6 Å². The number of phenolic OH excluding ortho intramolecular Hbond substituents is 2.